The summed E-state index contributed by atoms with van der Waals surface area (Å²) in [7, 11) is 2.53. The van der Waals surface area contributed by atoms with Crippen LogP contribution in [-0.4, -0.2) is 57.9 Å². The van der Waals surface area contributed by atoms with Gasteiger partial charge in [-0.25, -0.2) is 8.42 Å². The van der Waals surface area contributed by atoms with Crippen LogP contribution < -0.4 is 5.32 Å². The van der Waals surface area contributed by atoms with E-state index in [0.29, 0.717) is 30.6 Å². The van der Waals surface area contributed by atoms with Crippen molar-refractivity contribution < 1.29 is 8.42 Å². The minimum atomic E-state index is -3.37. The lowest BCUT2D eigenvalue weighted by Crippen LogP contribution is -2.47. The summed E-state index contributed by atoms with van der Waals surface area (Å²) in [6, 6.07) is 2.13. The van der Waals surface area contributed by atoms with Crippen LogP contribution in [0.4, 0.5) is 0 Å². The predicted octanol–water partition coefficient (Wildman–Crippen LogP) is 1.49. The van der Waals surface area contributed by atoms with Crippen molar-refractivity contribution in [2.24, 2.45) is 0 Å². The van der Waals surface area contributed by atoms with Crippen LogP contribution in [0.25, 0.3) is 0 Å². The van der Waals surface area contributed by atoms with Crippen LogP contribution in [0.5, 0.6) is 0 Å². The van der Waals surface area contributed by atoms with E-state index in [1.165, 1.54) is 0 Å². The summed E-state index contributed by atoms with van der Waals surface area (Å²) < 4.78 is 27.4. The highest BCUT2D eigenvalue weighted by Crippen LogP contribution is 2.30. The molecule has 0 spiro atoms. The third-order valence-electron chi connectivity index (χ3n) is 3.98. The van der Waals surface area contributed by atoms with E-state index in [9.17, 15) is 8.42 Å². The second-order valence-corrected chi connectivity index (χ2v) is 9.03. The van der Waals surface area contributed by atoms with Crippen molar-refractivity contribution in [3.05, 3.63) is 15.8 Å². The van der Waals surface area contributed by atoms with Gasteiger partial charge < -0.3 is 10.2 Å². The summed E-state index contributed by atoms with van der Waals surface area (Å²) in [4.78, 5) is 4.55. The van der Waals surface area contributed by atoms with Gasteiger partial charge in [0.05, 0.1) is 4.90 Å². The van der Waals surface area contributed by atoms with Gasteiger partial charge in [-0.2, -0.15) is 4.31 Å². The Labute approximate surface area is 132 Å². The summed E-state index contributed by atoms with van der Waals surface area (Å²) >= 11 is 1.56. The van der Waals surface area contributed by atoms with Crippen LogP contribution in [0.3, 0.4) is 0 Å². The maximum atomic E-state index is 12.9. The van der Waals surface area contributed by atoms with E-state index in [1.54, 1.807) is 15.6 Å². The zero-order chi connectivity index (χ0) is 15.6. The van der Waals surface area contributed by atoms with Crippen molar-refractivity contribution in [3.63, 3.8) is 0 Å². The summed E-state index contributed by atoms with van der Waals surface area (Å²) in [5, 5.41) is 3.07. The lowest BCUT2D eigenvalue weighted by molar-refractivity contribution is 0.190. The normalized spacial score (nSPS) is 21.1. The quantitative estimate of drug-likeness (QED) is 0.888. The fraction of sp³-hybridized carbons (Fsp3) is 0.714. The molecular formula is C14H25N3O2S2. The Morgan fingerprint density at radius 1 is 1.48 bits per heavy atom. The van der Waals surface area contributed by atoms with Gasteiger partial charge in [-0.15, -0.1) is 11.3 Å². The van der Waals surface area contributed by atoms with Gasteiger partial charge in [0.25, 0.3) is 0 Å². The molecule has 2 rings (SSSR count). The van der Waals surface area contributed by atoms with Gasteiger partial charge in [0.2, 0.25) is 10.0 Å². The Morgan fingerprint density at radius 3 is 2.81 bits per heavy atom. The summed E-state index contributed by atoms with van der Waals surface area (Å²) in [6.45, 7) is 3.82. The average Bonchev–Trinajstić information content (AvgIpc) is 2.81. The van der Waals surface area contributed by atoms with E-state index in [0.717, 1.165) is 22.6 Å². The number of piperidine rings is 1. The number of aryl methyl sites for hydroxylation is 1. The molecule has 1 saturated heterocycles. The Morgan fingerprint density at radius 2 is 2.19 bits per heavy atom. The average molecular weight is 332 g/mol. The predicted molar refractivity (Wildman–Crippen MR) is 87.3 cm³/mol. The molecule has 2 heterocycles. The van der Waals surface area contributed by atoms with Gasteiger partial charge in [0.1, 0.15) is 0 Å². The Balaban J connectivity index is 2.25. The van der Waals surface area contributed by atoms with Crippen LogP contribution >= 0.6 is 11.3 Å². The number of nitrogens with zero attached hydrogens (tertiary/aromatic N) is 2. The second-order valence-electron chi connectivity index (χ2n) is 5.79. The van der Waals surface area contributed by atoms with Gasteiger partial charge >= 0.3 is 0 Å². The van der Waals surface area contributed by atoms with Crippen LogP contribution in [0, 0.1) is 6.92 Å². The fourth-order valence-corrected chi connectivity index (χ4v) is 5.87. The molecule has 0 amide bonds. The molecule has 1 aromatic heterocycles. The first-order valence-electron chi connectivity index (χ1n) is 7.26. The van der Waals surface area contributed by atoms with Crippen molar-refractivity contribution in [2.45, 2.75) is 37.2 Å². The first-order chi connectivity index (χ1) is 9.86. The summed E-state index contributed by atoms with van der Waals surface area (Å²) in [5.41, 5.74) is 0. The van der Waals surface area contributed by atoms with Crippen LogP contribution in [0.2, 0.25) is 0 Å². The molecule has 0 radical (unpaired) electrons. The Bertz CT molecular complexity index is 581. The molecular weight excluding hydrogens is 306 g/mol. The van der Waals surface area contributed by atoms with E-state index in [2.05, 4.69) is 10.2 Å². The zero-order valence-corrected chi connectivity index (χ0v) is 14.9. The van der Waals surface area contributed by atoms with Gasteiger partial charge in [-0.1, -0.05) is 0 Å². The number of likely N-dealkylation sites (N-methyl/N-ethyl adjacent to an activating group) is 1. The van der Waals surface area contributed by atoms with Gasteiger partial charge in [-0.3, -0.25) is 0 Å². The van der Waals surface area contributed by atoms with Crippen molar-refractivity contribution in [1.29, 1.82) is 0 Å². The third kappa shape index (κ3) is 3.65. The van der Waals surface area contributed by atoms with Crippen molar-refractivity contribution in [1.82, 2.24) is 14.5 Å². The molecule has 5 nitrogen and oxygen atoms in total. The maximum Gasteiger partial charge on any atom is 0.244 e. The van der Waals surface area contributed by atoms with Crippen LogP contribution in [0.1, 0.15) is 22.6 Å². The molecule has 1 aliphatic heterocycles. The Kier molecular flexibility index (Phi) is 5.43. The van der Waals surface area contributed by atoms with Crippen molar-refractivity contribution >= 4 is 21.4 Å². The number of sulfonamides is 1. The largest absolute Gasteiger partial charge is 0.315 e. The summed E-state index contributed by atoms with van der Waals surface area (Å²) in [5.74, 6) is 0. The number of hydrogen-bond donors (Lipinski definition) is 1. The molecule has 0 aliphatic carbocycles. The molecule has 1 atom stereocenters. The fourth-order valence-electron chi connectivity index (χ4n) is 2.74. The smallest absolute Gasteiger partial charge is 0.244 e. The van der Waals surface area contributed by atoms with Gasteiger partial charge in [-0.05, 0) is 47.0 Å². The van der Waals surface area contributed by atoms with E-state index in [-0.39, 0.29) is 0 Å². The zero-order valence-electron chi connectivity index (χ0n) is 13.2. The van der Waals surface area contributed by atoms with Crippen LogP contribution in [-0.2, 0) is 16.6 Å². The molecule has 21 heavy (non-hydrogen) atoms. The molecule has 0 saturated carbocycles. The van der Waals surface area contributed by atoms with Crippen LogP contribution in [0.15, 0.2) is 11.0 Å². The number of thiophene rings is 1. The molecule has 1 N–H and O–H groups in total. The first-order valence-corrected chi connectivity index (χ1v) is 9.52. The lowest BCUT2D eigenvalue weighted by atomic mass is 10.1. The molecule has 1 unspecified atom stereocenters. The molecule has 1 fully saturated rings. The highest BCUT2D eigenvalue weighted by molar-refractivity contribution is 7.89. The van der Waals surface area contributed by atoms with E-state index >= 15 is 0 Å². The maximum absolute atomic E-state index is 12.9. The van der Waals surface area contributed by atoms with E-state index < -0.39 is 10.0 Å². The number of hydrogen-bond acceptors (Lipinski definition) is 5. The minimum Gasteiger partial charge on any atom is -0.315 e. The van der Waals surface area contributed by atoms with E-state index in [4.69, 9.17) is 0 Å². The number of rotatable bonds is 5. The minimum absolute atomic E-state index is 0.309. The van der Waals surface area contributed by atoms with Gasteiger partial charge in [0.15, 0.2) is 0 Å². The standard InChI is InChI=1S/C14H25N3O2S2/c1-11-14(8-13(20-11)9-15-2)21(18,19)17-7-5-6-12(10-17)16(3)4/h8,12,15H,5-7,9-10H2,1-4H3. The lowest BCUT2D eigenvalue weighted by Gasteiger charge is -2.35. The first kappa shape index (κ1) is 16.9. The van der Waals surface area contributed by atoms with Crippen molar-refractivity contribution in [3.8, 4) is 0 Å². The monoisotopic (exact) mass is 331 g/mol. The molecule has 120 valence electrons. The summed E-state index contributed by atoms with van der Waals surface area (Å²) in [6.07, 6.45) is 1.99. The molecule has 7 heteroatoms. The highest BCUT2D eigenvalue weighted by Gasteiger charge is 2.32. The van der Waals surface area contributed by atoms with E-state index in [1.807, 2.05) is 34.1 Å². The SMILES string of the molecule is CNCc1cc(S(=O)(=O)N2CCCC(N(C)C)C2)c(C)s1. The molecule has 1 aromatic rings. The number of nitrogens with one attached hydrogen (secondary N) is 1. The molecule has 0 bridgehead atoms. The van der Waals surface area contributed by atoms with Crippen molar-refractivity contribution in [2.75, 3.05) is 34.2 Å². The third-order valence-corrected chi connectivity index (χ3v) is 7.15. The molecule has 1 aliphatic rings. The highest BCUT2D eigenvalue weighted by atomic mass is 32.2. The Hall–Kier alpha value is -0.470. The van der Waals surface area contributed by atoms with Gasteiger partial charge in [0, 0.05) is 35.4 Å². The second kappa shape index (κ2) is 6.75. The topological polar surface area (TPSA) is 52.7 Å². The molecule has 0 aromatic carbocycles.